The summed E-state index contributed by atoms with van der Waals surface area (Å²) in [4.78, 5) is 51.9. The van der Waals surface area contributed by atoms with Crippen LogP contribution in [0.4, 0.5) is 4.79 Å². The summed E-state index contributed by atoms with van der Waals surface area (Å²) in [5.74, 6) is -1.27. The molecule has 0 saturated carbocycles. The zero-order valence-electron chi connectivity index (χ0n) is 20.2. The molecule has 5 amide bonds. The zero-order valence-corrected chi connectivity index (χ0v) is 20.2. The Hall–Kier alpha value is -3.10. The lowest BCUT2D eigenvalue weighted by atomic mass is 9.91. The predicted octanol–water partition coefficient (Wildman–Crippen LogP) is 1.31. The van der Waals surface area contributed by atoms with Crippen LogP contribution in [0.5, 0.6) is 0 Å². The maximum absolute atomic E-state index is 13.2. The molecule has 1 aliphatic rings. The molecule has 1 aromatic carbocycles. The molecule has 3 unspecified atom stereocenters. The lowest BCUT2D eigenvalue weighted by molar-refractivity contribution is -0.140. The number of amides is 5. The number of carbonyl (C=O) groups is 4. The molecule has 0 spiro atoms. The van der Waals surface area contributed by atoms with Crippen LogP contribution in [0.2, 0.25) is 0 Å². The van der Waals surface area contributed by atoms with Crippen LogP contribution in [0, 0.1) is 5.41 Å². The number of hydrogen-bond donors (Lipinski definition) is 4. The Labute approximate surface area is 195 Å². The van der Waals surface area contributed by atoms with Crippen LogP contribution in [0.1, 0.15) is 53.0 Å². The molecule has 5 N–H and O–H groups in total. The number of nitrogens with two attached hydrogens (primary N) is 1. The van der Waals surface area contributed by atoms with E-state index in [9.17, 15) is 19.2 Å². The van der Waals surface area contributed by atoms with Gasteiger partial charge in [0, 0.05) is 25.4 Å². The Kier molecular flexibility index (Phi) is 8.84. The second kappa shape index (κ2) is 11.2. The smallest absolute Gasteiger partial charge is 0.315 e. The summed E-state index contributed by atoms with van der Waals surface area (Å²) >= 11 is 0. The van der Waals surface area contributed by atoms with E-state index in [1.165, 1.54) is 4.90 Å². The lowest BCUT2D eigenvalue weighted by Gasteiger charge is -2.28. The van der Waals surface area contributed by atoms with Gasteiger partial charge in [-0.1, -0.05) is 51.1 Å². The Balaban J connectivity index is 2.16. The Morgan fingerprint density at radius 2 is 1.73 bits per heavy atom. The van der Waals surface area contributed by atoms with Crippen LogP contribution in [-0.2, 0) is 20.8 Å². The van der Waals surface area contributed by atoms with Crippen molar-refractivity contribution in [2.75, 3.05) is 6.54 Å². The molecular formula is C24H37N5O4. The standard InChI is InChI=1S/C24H37N5O4/c1-15(2)26-23(33)27-17-12-19(29(14-17)20(30)13-24(3,4)5)22(32)28-18(21(25)31)11-16-9-7-6-8-10-16/h6-10,15,17-19H,11-14H2,1-5H3,(H2,25,31)(H,28,32)(H2,26,27,33). The summed E-state index contributed by atoms with van der Waals surface area (Å²) in [6.45, 7) is 9.76. The largest absolute Gasteiger partial charge is 0.368 e. The molecular weight excluding hydrogens is 422 g/mol. The van der Waals surface area contributed by atoms with E-state index in [0.29, 0.717) is 0 Å². The fourth-order valence-corrected chi connectivity index (χ4v) is 3.85. The average Bonchev–Trinajstić information content (AvgIpc) is 3.10. The number of hydrogen-bond acceptors (Lipinski definition) is 4. The topological polar surface area (TPSA) is 134 Å². The minimum Gasteiger partial charge on any atom is -0.368 e. The number of rotatable bonds is 8. The first kappa shape index (κ1) is 26.2. The van der Waals surface area contributed by atoms with Gasteiger partial charge in [-0.3, -0.25) is 14.4 Å². The van der Waals surface area contributed by atoms with E-state index in [4.69, 9.17) is 5.73 Å². The van der Waals surface area contributed by atoms with E-state index in [2.05, 4.69) is 16.0 Å². The van der Waals surface area contributed by atoms with Crippen molar-refractivity contribution in [2.45, 2.75) is 78.0 Å². The van der Waals surface area contributed by atoms with Gasteiger partial charge >= 0.3 is 6.03 Å². The van der Waals surface area contributed by atoms with Gasteiger partial charge in [0.15, 0.2) is 0 Å². The van der Waals surface area contributed by atoms with Gasteiger partial charge in [0.05, 0.1) is 6.04 Å². The monoisotopic (exact) mass is 459 g/mol. The fourth-order valence-electron chi connectivity index (χ4n) is 3.85. The molecule has 1 heterocycles. The zero-order chi connectivity index (χ0) is 24.8. The number of carbonyl (C=O) groups excluding carboxylic acids is 4. The number of benzene rings is 1. The van der Waals surface area contributed by atoms with Gasteiger partial charge in [-0.05, 0) is 31.2 Å². The normalized spacial score (nSPS) is 19.2. The van der Waals surface area contributed by atoms with Crippen molar-refractivity contribution in [3.8, 4) is 0 Å². The molecule has 182 valence electrons. The first-order valence-corrected chi connectivity index (χ1v) is 11.4. The van der Waals surface area contributed by atoms with Crippen LogP contribution in [0.25, 0.3) is 0 Å². The third-order valence-electron chi connectivity index (χ3n) is 5.30. The van der Waals surface area contributed by atoms with Crippen LogP contribution in [0.3, 0.4) is 0 Å². The minimum absolute atomic E-state index is 0.0431. The maximum atomic E-state index is 13.2. The number of urea groups is 1. The second-order valence-electron chi connectivity index (χ2n) is 10.2. The van der Waals surface area contributed by atoms with E-state index >= 15 is 0 Å². The van der Waals surface area contributed by atoms with E-state index in [1.807, 2.05) is 65.0 Å². The van der Waals surface area contributed by atoms with Gasteiger partial charge < -0.3 is 26.6 Å². The average molecular weight is 460 g/mol. The molecule has 1 aliphatic heterocycles. The quantitative estimate of drug-likeness (QED) is 0.466. The molecule has 0 radical (unpaired) electrons. The second-order valence-corrected chi connectivity index (χ2v) is 10.2. The van der Waals surface area contributed by atoms with Crippen molar-refractivity contribution in [1.29, 1.82) is 0 Å². The maximum Gasteiger partial charge on any atom is 0.315 e. The Morgan fingerprint density at radius 3 is 2.27 bits per heavy atom. The van der Waals surface area contributed by atoms with Crippen LogP contribution < -0.4 is 21.7 Å². The molecule has 3 atom stereocenters. The van der Waals surface area contributed by atoms with Crippen molar-refractivity contribution in [2.24, 2.45) is 11.1 Å². The minimum atomic E-state index is -0.907. The van der Waals surface area contributed by atoms with Crippen molar-refractivity contribution in [3.05, 3.63) is 35.9 Å². The van der Waals surface area contributed by atoms with Gasteiger partial charge in [-0.15, -0.1) is 0 Å². The fraction of sp³-hybridized carbons (Fsp3) is 0.583. The van der Waals surface area contributed by atoms with Crippen molar-refractivity contribution < 1.29 is 19.2 Å². The first-order chi connectivity index (χ1) is 15.4. The number of nitrogens with zero attached hydrogens (tertiary/aromatic N) is 1. The van der Waals surface area contributed by atoms with Gasteiger partial charge in [0.2, 0.25) is 17.7 Å². The molecule has 9 nitrogen and oxygen atoms in total. The first-order valence-electron chi connectivity index (χ1n) is 11.4. The Morgan fingerprint density at radius 1 is 1.09 bits per heavy atom. The van der Waals surface area contributed by atoms with E-state index in [1.54, 1.807) is 0 Å². The van der Waals surface area contributed by atoms with Crippen molar-refractivity contribution >= 4 is 23.8 Å². The van der Waals surface area contributed by atoms with E-state index in [0.717, 1.165) is 5.56 Å². The molecule has 1 aromatic rings. The van der Waals surface area contributed by atoms with Gasteiger partial charge in [0.1, 0.15) is 12.1 Å². The molecule has 33 heavy (non-hydrogen) atoms. The number of nitrogens with one attached hydrogen (secondary N) is 3. The van der Waals surface area contributed by atoms with Gasteiger partial charge in [-0.2, -0.15) is 0 Å². The van der Waals surface area contributed by atoms with Gasteiger partial charge in [0.25, 0.3) is 0 Å². The van der Waals surface area contributed by atoms with Crippen LogP contribution >= 0.6 is 0 Å². The summed E-state index contributed by atoms with van der Waals surface area (Å²) in [6.07, 6.45) is 0.762. The SMILES string of the molecule is CC(C)NC(=O)NC1CC(C(=O)NC(Cc2ccccc2)C(N)=O)N(C(=O)CC(C)(C)C)C1. The summed E-state index contributed by atoms with van der Waals surface area (Å²) in [6, 6.07) is 6.77. The molecule has 9 heteroatoms. The molecule has 1 saturated heterocycles. The summed E-state index contributed by atoms with van der Waals surface area (Å²) < 4.78 is 0. The van der Waals surface area contributed by atoms with Crippen LogP contribution in [-0.4, -0.2) is 59.4 Å². The molecule has 0 aromatic heterocycles. The number of likely N-dealkylation sites (tertiary alicyclic amines) is 1. The van der Waals surface area contributed by atoms with E-state index < -0.39 is 23.9 Å². The predicted molar refractivity (Wildman–Crippen MR) is 126 cm³/mol. The summed E-state index contributed by atoms with van der Waals surface area (Å²) in [7, 11) is 0. The molecule has 2 rings (SSSR count). The highest BCUT2D eigenvalue weighted by atomic mass is 16.2. The third-order valence-corrected chi connectivity index (χ3v) is 5.30. The molecule has 1 fully saturated rings. The van der Waals surface area contributed by atoms with Crippen LogP contribution in [0.15, 0.2) is 30.3 Å². The van der Waals surface area contributed by atoms with Gasteiger partial charge in [-0.25, -0.2) is 4.79 Å². The lowest BCUT2D eigenvalue weighted by Crippen LogP contribution is -2.53. The molecule has 0 bridgehead atoms. The highest BCUT2D eigenvalue weighted by molar-refractivity contribution is 5.92. The summed E-state index contributed by atoms with van der Waals surface area (Å²) in [5, 5.41) is 8.32. The van der Waals surface area contributed by atoms with E-state index in [-0.39, 0.29) is 55.2 Å². The highest BCUT2D eigenvalue weighted by Gasteiger charge is 2.41. The Bertz CT molecular complexity index is 850. The van der Waals surface area contributed by atoms with Crippen molar-refractivity contribution in [1.82, 2.24) is 20.9 Å². The highest BCUT2D eigenvalue weighted by Crippen LogP contribution is 2.25. The number of primary amides is 1. The molecule has 0 aliphatic carbocycles. The summed E-state index contributed by atoms with van der Waals surface area (Å²) in [5.41, 5.74) is 6.15. The third kappa shape index (κ3) is 8.40. The van der Waals surface area contributed by atoms with Crippen molar-refractivity contribution in [3.63, 3.8) is 0 Å².